The van der Waals surface area contributed by atoms with Crippen LogP contribution in [0.4, 0.5) is 0 Å². The highest BCUT2D eigenvalue weighted by Crippen LogP contribution is 2.41. The maximum atomic E-state index is 5.61. The van der Waals surface area contributed by atoms with Crippen LogP contribution in [0.5, 0.6) is 0 Å². The Kier molecular flexibility index (Phi) is 9.03. The molecule has 0 aliphatic heterocycles. The van der Waals surface area contributed by atoms with Crippen LogP contribution in [0, 0.1) is 0 Å². The topological polar surface area (TPSA) is 87.2 Å². The van der Waals surface area contributed by atoms with Crippen LogP contribution in [0.1, 0.15) is 0 Å². The van der Waals surface area contributed by atoms with E-state index in [1.54, 1.807) is 0 Å². The fourth-order valence-electron chi connectivity index (χ4n) is 10.2. The van der Waals surface area contributed by atoms with Crippen molar-refractivity contribution < 1.29 is 0 Å². The van der Waals surface area contributed by atoms with E-state index < -0.39 is 0 Å². The standard InChI is InChI=1S/C62H38N8/c1-3-19-44(20-4-1)69-56-29-13-11-27-52(56)67-61(69)42-33-41(34-43(35-42)62-68-53-28-12-14-30-57(53)70(62)45-21-5-2-6-22-45)60-65-54(50-36-39-17-7-9-23-46(39)58-48(50)25-15-31-63-58)38-55(66-60)51-37-40-18-8-10-24-47(40)59-49(51)26-16-32-64-59/h1-38H. The van der Waals surface area contributed by atoms with Gasteiger partial charge in [-0.1, -0.05) is 121 Å². The number of fused-ring (bicyclic) bond motifs is 8. The van der Waals surface area contributed by atoms with Crippen molar-refractivity contribution in [2.24, 2.45) is 0 Å². The molecule has 0 aliphatic carbocycles. The van der Waals surface area contributed by atoms with Gasteiger partial charge in [-0.2, -0.15) is 0 Å². The second-order valence-corrected chi connectivity index (χ2v) is 17.5. The zero-order valence-electron chi connectivity index (χ0n) is 37.5. The van der Waals surface area contributed by atoms with Gasteiger partial charge in [0.1, 0.15) is 11.6 Å². The monoisotopic (exact) mass is 894 g/mol. The quantitative estimate of drug-likeness (QED) is 0.148. The maximum Gasteiger partial charge on any atom is 0.160 e. The predicted octanol–water partition coefficient (Wildman–Crippen LogP) is 14.9. The van der Waals surface area contributed by atoms with E-state index in [0.29, 0.717) is 5.82 Å². The van der Waals surface area contributed by atoms with Crippen molar-refractivity contribution in [1.29, 1.82) is 0 Å². The summed E-state index contributed by atoms with van der Waals surface area (Å²) >= 11 is 0. The molecule has 0 radical (unpaired) electrons. The molecule has 0 saturated heterocycles. The molecule has 70 heavy (non-hydrogen) atoms. The molecule has 326 valence electrons. The Balaban J connectivity index is 1.10. The number of rotatable bonds is 7. The Hall–Kier alpha value is -9.66. The molecule has 0 spiro atoms. The van der Waals surface area contributed by atoms with Gasteiger partial charge in [0.15, 0.2) is 5.82 Å². The van der Waals surface area contributed by atoms with Crippen LogP contribution in [0.2, 0.25) is 0 Å². The van der Waals surface area contributed by atoms with Crippen molar-refractivity contribution in [3.63, 3.8) is 0 Å². The lowest BCUT2D eigenvalue weighted by molar-refractivity contribution is 1.09. The Labute approximate surface area is 401 Å². The van der Waals surface area contributed by atoms with E-state index in [1.165, 1.54) is 0 Å². The van der Waals surface area contributed by atoms with E-state index in [-0.39, 0.29) is 0 Å². The van der Waals surface area contributed by atoms with Crippen molar-refractivity contribution in [2.75, 3.05) is 0 Å². The van der Waals surface area contributed by atoms with Crippen LogP contribution in [0.3, 0.4) is 0 Å². The van der Waals surface area contributed by atoms with Gasteiger partial charge >= 0.3 is 0 Å². The summed E-state index contributed by atoms with van der Waals surface area (Å²) in [5, 5.41) is 6.34. The number of benzene rings is 9. The first-order valence-electron chi connectivity index (χ1n) is 23.3. The normalized spacial score (nSPS) is 11.7. The van der Waals surface area contributed by atoms with Crippen LogP contribution in [0.25, 0.3) is 133 Å². The van der Waals surface area contributed by atoms with E-state index in [9.17, 15) is 0 Å². The number of hydrogen-bond acceptors (Lipinski definition) is 6. The van der Waals surface area contributed by atoms with Crippen molar-refractivity contribution in [1.82, 2.24) is 39.0 Å². The van der Waals surface area contributed by atoms with Gasteiger partial charge in [-0.3, -0.25) is 19.1 Å². The number of pyridine rings is 2. The summed E-state index contributed by atoms with van der Waals surface area (Å²) in [7, 11) is 0. The van der Waals surface area contributed by atoms with Crippen molar-refractivity contribution in [3.05, 3.63) is 231 Å². The number of aromatic nitrogens is 8. The molecule has 0 fully saturated rings. The highest BCUT2D eigenvalue weighted by Gasteiger charge is 2.23. The van der Waals surface area contributed by atoms with E-state index in [2.05, 4.69) is 191 Å². The van der Waals surface area contributed by atoms with Gasteiger partial charge in [0.25, 0.3) is 0 Å². The SMILES string of the molecule is c1ccc(-n2c(-c3cc(-c4nc(-c5cc6ccccc6c6ncccc56)cc(-c5cc6ccccc6c6ncccc56)n4)cc(-c4nc5ccccc5n4-c4ccccc4)c3)nc3ccccc32)cc1. The number of nitrogens with zero attached hydrogens (tertiary/aromatic N) is 8. The molecule has 9 aromatic carbocycles. The average molecular weight is 895 g/mol. The van der Waals surface area contributed by atoms with Crippen LogP contribution in [-0.2, 0) is 0 Å². The molecule has 5 heterocycles. The molecule has 0 saturated carbocycles. The Bertz CT molecular complexity index is 4090. The molecule has 0 N–H and O–H groups in total. The number of imidazole rings is 2. The lowest BCUT2D eigenvalue weighted by atomic mass is 9.95. The predicted molar refractivity (Wildman–Crippen MR) is 284 cm³/mol. The minimum absolute atomic E-state index is 0.552. The first-order chi connectivity index (χ1) is 34.7. The molecule has 8 nitrogen and oxygen atoms in total. The zero-order chi connectivity index (χ0) is 46.1. The third-order valence-electron chi connectivity index (χ3n) is 13.4. The van der Waals surface area contributed by atoms with E-state index in [0.717, 1.165) is 128 Å². The highest BCUT2D eigenvalue weighted by atomic mass is 15.1. The van der Waals surface area contributed by atoms with E-state index in [1.807, 2.05) is 48.8 Å². The molecule has 0 atom stereocenters. The van der Waals surface area contributed by atoms with Crippen molar-refractivity contribution in [2.45, 2.75) is 0 Å². The summed E-state index contributed by atoms with van der Waals surface area (Å²) in [5.74, 6) is 2.12. The summed E-state index contributed by atoms with van der Waals surface area (Å²) in [6.45, 7) is 0. The summed E-state index contributed by atoms with van der Waals surface area (Å²) in [6, 6.07) is 75.8. The summed E-state index contributed by atoms with van der Waals surface area (Å²) in [4.78, 5) is 31.9. The molecule has 5 aromatic heterocycles. The second-order valence-electron chi connectivity index (χ2n) is 17.5. The first-order valence-corrected chi connectivity index (χ1v) is 23.3. The highest BCUT2D eigenvalue weighted by molar-refractivity contribution is 6.13. The maximum absolute atomic E-state index is 5.61. The number of para-hydroxylation sites is 6. The minimum atomic E-state index is 0.552. The van der Waals surface area contributed by atoms with Gasteiger partial charge in [-0.25, -0.2) is 19.9 Å². The van der Waals surface area contributed by atoms with Crippen molar-refractivity contribution in [3.8, 4) is 68.1 Å². The van der Waals surface area contributed by atoms with Gasteiger partial charge < -0.3 is 0 Å². The van der Waals surface area contributed by atoms with Gasteiger partial charge in [-0.15, -0.1) is 0 Å². The van der Waals surface area contributed by atoms with Crippen LogP contribution in [0.15, 0.2) is 231 Å². The minimum Gasteiger partial charge on any atom is -0.292 e. The van der Waals surface area contributed by atoms with E-state index in [4.69, 9.17) is 29.9 Å². The molecule has 14 aromatic rings. The molecule has 14 rings (SSSR count). The molecular formula is C62H38N8. The fraction of sp³-hybridized carbons (Fsp3) is 0. The summed E-state index contributed by atoms with van der Waals surface area (Å²) in [6.07, 6.45) is 3.73. The second kappa shape index (κ2) is 16.0. The molecule has 0 bridgehead atoms. The molecule has 0 unspecified atom stereocenters. The summed E-state index contributed by atoms with van der Waals surface area (Å²) < 4.78 is 4.48. The van der Waals surface area contributed by atoms with Crippen molar-refractivity contribution >= 4 is 65.4 Å². The van der Waals surface area contributed by atoms with Gasteiger partial charge in [0, 0.05) is 73.1 Å². The third-order valence-corrected chi connectivity index (χ3v) is 13.4. The van der Waals surface area contributed by atoms with E-state index >= 15 is 0 Å². The average Bonchev–Trinajstić information content (AvgIpc) is 4.03. The van der Waals surface area contributed by atoms with Gasteiger partial charge in [0.2, 0.25) is 0 Å². The fourth-order valence-corrected chi connectivity index (χ4v) is 10.2. The number of hydrogen-bond donors (Lipinski definition) is 0. The zero-order valence-corrected chi connectivity index (χ0v) is 37.5. The Morgan fingerprint density at radius 3 is 1.23 bits per heavy atom. The van der Waals surface area contributed by atoms with Crippen LogP contribution >= 0.6 is 0 Å². The molecule has 8 heteroatoms. The lowest BCUT2D eigenvalue weighted by Crippen LogP contribution is -2.02. The van der Waals surface area contributed by atoms with Gasteiger partial charge in [-0.05, 0) is 108 Å². The smallest absolute Gasteiger partial charge is 0.160 e. The Morgan fingerprint density at radius 1 is 0.314 bits per heavy atom. The largest absolute Gasteiger partial charge is 0.292 e. The third kappa shape index (κ3) is 6.46. The summed E-state index contributed by atoms with van der Waals surface area (Å²) in [5.41, 5.74) is 13.7. The van der Waals surface area contributed by atoms with Gasteiger partial charge in [0.05, 0.1) is 44.5 Å². The van der Waals surface area contributed by atoms with Crippen LogP contribution in [-0.4, -0.2) is 39.0 Å². The lowest BCUT2D eigenvalue weighted by Gasteiger charge is -2.16. The Morgan fingerprint density at radius 2 is 0.729 bits per heavy atom. The molecular weight excluding hydrogens is 857 g/mol. The molecule has 0 amide bonds. The van der Waals surface area contributed by atoms with Crippen LogP contribution < -0.4 is 0 Å². The first kappa shape index (κ1) is 39.5. The molecule has 0 aliphatic rings.